The van der Waals surface area contributed by atoms with E-state index in [2.05, 4.69) is 83.8 Å². The number of aromatic nitrogens is 2. The standard InChI is InChI=1S/C24H29N3O/c1-2-26-19-23(18-25-26)27(22-13-15-28-16-14-22)24(21-11-7-4-8-12-21)17-20-9-5-3-6-10-20/h3-12,18-19,22,24H,2,13-17H2,1H3. The van der Waals surface area contributed by atoms with E-state index < -0.39 is 0 Å². The highest BCUT2D eigenvalue weighted by Crippen LogP contribution is 2.35. The molecule has 0 bridgehead atoms. The van der Waals surface area contributed by atoms with Crippen LogP contribution in [-0.4, -0.2) is 29.0 Å². The average Bonchev–Trinajstić information content (AvgIpc) is 3.24. The molecule has 4 heteroatoms. The number of benzene rings is 2. The second-order valence-electron chi connectivity index (χ2n) is 7.42. The first-order valence-corrected chi connectivity index (χ1v) is 10.3. The maximum absolute atomic E-state index is 5.67. The second-order valence-corrected chi connectivity index (χ2v) is 7.42. The SMILES string of the molecule is CCn1cc(N(C2CCOCC2)C(Cc2ccccc2)c2ccccc2)cn1. The molecule has 0 N–H and O–H groups in total. The zero-order valence-electron chi connectivity index (χ0n) is 16.6. The van der Waals surface area contributed by atoms with E-state index in [-0.39, 0.29) is 6.04 Å². The van der Waals surface area contributed by atoms with Crippen molar-refractivity contribution < 1.29 is 4.74 Å². The number of hydrogen-bond donors (Lipinski definition) is 0. The lowest BCUT2D eigenvalue weighted by atomic mass is 9.93. The van der Waals surface area contributed by atoms with Crippen LogP contribution < -0.4 is 4.90 Å². The number of ether oxygens (including phenoxy) is 1. The van der Waals surface area contributed by atoms with Gasteiger partial charge in [-0.15, -0.1) is 0 Å². The zero-order valence-corrected chi connectivity index (χ0v) is 16.6. The van der Waals surface area contributed by atoms with Gasteiger partial charge in [0.15, 0.2) is 0 Å². The molecule has 146 valence electrons. The average molecular weight is 376 g/mol. The predicted octanol–water partition coefficient (Wildman–Crippen LogP) is 4.87. The minimum absolute atomic E-state index is 0.265. The number of nitrogens with zero attached hydrogens (tertiary/aromatic N) is 3. The summed E-state index contributed by atoms with van der Waals surface area (Å²) in [5, 5.41) is 4.58. The van der Waals surface area contributed by atoms with Crippen LogP contribution in [0.25, 0.3) is 0 Å². The largest absolute Gasteiger partial charge is 0.381 e. The van der Waals surface area contributed by atoms with Gasteiger partial charge in [0.25, 0.3) is 0 Å². The van der Waals surface area contributed by atoms with Crippen molar-refractivity contribution in [2.24, 2.45) is 0 Å². The van der Waals surface area contributed by atoms with Crippen molar-refractivity contribution in [2.75, 3.05) is 18.1 Å². The van der Waals surface area contributed by atoms with Crippen LogP contribution >= 0.6 is 0 Å². The van der Waals surface area contributed by atoms with Crippen molar-refractivity contribution in [1.82, 2.24) is 9.78 Å². The molecule has 2 aromatic carbocycles. The predicted molar refractivity (Wildman–Crippen MR) is 114 cm³/mol. The molecule has 3 aromatic rings. The van der Waals surface area contributed by atoms with Crippen molar-refractivity contribution >= 4 is 5.69 Å². The van der Waals surface area contributed by atoms with E-state index in [1.165, 1.54) is 16.8 Å². The molecule has 1 aliphatic rings. The molecule has 1 unspecified atom stereocenters. The van der Waals surface area contributed by atoms with Gasteiger partial charge in [0.1, 0.15) is 0 Å². The second kappa shape index (κ2) is 9.07. The fraction of sp³-hybridized carbons (Fsp3) is 0.375. The Kier molecular flexibility index (Phi) is 6.07. The molecule has 1 aliphatic heterocycles. The smallest absolute Gasteiger partial charge is 0.0760 e. The quantitative estimate of drug-likeness (QED) is 0.590. The van der Waals surface area contributed by atoms with Crippen LogP contribution in [0, 0.1) is 0 Å². The summed E-state index contributed by atoms with van der Waals surface area (Å²) in [6.45, 7) is 4.68. The highest BCUT2D eigenvalue weighted by atomic mass is 16.5. The molecular formula is C24H29N3O. The topological polar surface area (TPSA) is 30.3 Å². The monoisotopic (exact) mass is 375 g/mol. The number of hydrogen-bond acceptors (Lipinski definition) is 3. The molecule has 1 saturated heterocycles. The molecular weight excluding hydrogens is 346 g/mol. The van der Waals surface area contributed by atoms with E-state index in [4.69, 9.17) is 4.74 Å². The molecule has 2 heterocycles. The van der Waals surface area contributed by atoms with Gasteiger partial charge < -0.3 is 9.64 Å². The van der Waals surface area contributed by atoms with E-state index in [1.807, 2.05) is 10.9 Å². The molecule has 0 aliphatic carbocycles. The third-order valence-electron chi connectivity index (χ3n) is 5.62. The van der Waals surface area contributed by atoms with Crippen molar-refractivity contribution in [3.8, 4) is 0 Å². The summed E-state index contributed by atoms with van der Waals surface area (Å²) >= 11 is 0. The highest BCUT2D eigenvalue weighted by molar-refractivity contribution is 5.48. The van der Waals surface area contributed by atoms with Crippen LogP contribution in [0.4, 0.5) is 5.69 Å². The van der Waals surface area contributed by atoms with Gasteiger partial charge in [-0.05, 0) is 37.3 Å². The Morgan fingerprint density at radius 3 is 2.36 bits per heavy atom. The van der Waals surface area contributed by atoms with Gasteiger partial charge in [0.2, 0.25) is 0 Å². The molecule has 0 radical (unpaired) electrons. The van der Waals surface area contributed by atoms with Crippen LogP contribution in [0.5, 0.6) is 0 Å². The highest BCUT2D eigenvalue weighted by Gasteiger charge is 2.30. The Balaban J connectivity index is 1.75. The molecule has 0 amide bonds. The minimum atomic E-state index is 0.265. The van der Waals surface area contributed by atoms with E-state index in [0.717, 1.165) is 39.0 Å². The van der Waals surface area contributed by atoms with Gasteiger partial charge in [-0.3, -0.25) is 4.68 Å². The summed E-state index contributed by atoms with van der Waals surface area (Å²) in [5.74, 6) is 0. The van der Waals surface area contributed by atoms with E-state index in [0.29, 0.717) is 6.04 Å². The van der Waals surface area contributed by atoms with Gasteiger partial charge in [-0.2, -0.15) is 5.10 Å². The lowest BCUT2D eigenvalue weighted by Crippen LogP contribution is -2.42. The number of anilines is 1. The molecule has 1 aromatic heterocycles. The summed E-state index contributed by atoms with van der Waals surface area (Å²) in [6, 6.07) is 22.4. The molecule has 1 atom stereocenters. The van der Waals surface area contributed by atoms with Gasteiger partial charge in [-0.25, -0.2) is 0 Å². The van der Waals surface area contributed by atoms with Crippen LogP contribution in [0.1, 0.15) is 36.9 Å². The molecule has 0 spiro atoms. The van der Waals surface area contributed by atoms with E-state index >= 15 is 0 Å². The maximum atomic E-state index is 5.67. The molecule has 4 nitrogen and oxygen atoms in total. The van der Waals surface area contributed by atoms with Gasteiger partial charge in [0, 0.05) is 32.0 Å². The lowest BCUT2D eigenvalue weighted by Gasteiger charge is -2.41. The first kappa shape index (κ1) is 18.8. The van der Waals surface area contributed by atoms with Gasteiger partial charge >= 0.3 is 0 Å². The van der Waals surface area contributed by atoms with Crippen molar-refractivity contribution in [3.05, 3.63) is 84.2 Å². The molecule has 4 rings (SSSR count). The van der Waals surface area contributed by atoms with Crippen LogP contribution in [0.2, 0.25) is 0 Å². The Bertz CT molecular complexity index is 841. The summed E-state index contributed by atoms with van der Waals surface area (Å²) in [6.07, 6.45) is 7.29. The summed E-state index contributed by atoms with van der Waals surface area (Å²) in [7, 11) is 0. The van der Waals surface area contributed by atoms with Crippen LogP contribution in [0.3, 0.4) is 0 Å². The number of rotatable bonds is 7. The molecule has 0 saturated carbocycles. The van der Waals surface area contributed by atoms with Crippen LogP contribution in [-0.2, 0) is 17.7 Å². The Labute approximate surface area is 167 Å². The first-order valence-electron chi connectivity index (χ1n) is 10.3. The van der Waals surface area contributed by atoms with Crippen molar-refractivity contribution in [2.45, 2.75) is 44.8 Å². The fourth-order valence-corrected chi connectivity index (χ4v) is 4.16. The fourth-order valence-electron chi connectivity index (χ4n) is 4.16. The van der Waals surface area contributed by atoms with Crippen molar-refractivity contribution in [1.29, 1.82) is 0 Å². The summed E-state index contributed by atoms with van der Waals surface area (Å²) in [5.41, 5.74) is 3.91. The molecule has 1 fully saturated rings. The van der Waals surface area contributed by atoms with Crippen LogP contribution in [0.15, 0.2) is 73.1 Å². The molecule has 28 heavy (non-hydrogen) atoms. The van der Waals surface area contributed by atoms with E-state index in [1.54, 1.807) is 0 Å². The van der Waals surface area contributed by atoms with Gasteiger partial charge in [-0.1, -0.05) is 60.7 Å². The first-order chi connectivity index (χ1) is 13.8. The summed E-state index contributed by atoms with van der Waals surface area (Å²) in [4.78, 5) is 2.60. The summed E-state index contributed by atoms with van der Waals surface area (Å²) < 4.78 is 7.69. The maximum Gasteiger partial charge on any atom is 0.0760 e. The van der Waals surface area contributed by atoms with Gasteiger partial charge in [0.05, 0.1) is 17.9 Å². The Morgan fingerprint density at radius 2 is 1.71 bits per heavy atom. The van der Waals surface area contributed by atoms with Crippen molar-refractivity contribution in [3.63, 3.8) is 0 Å². The van der Waals surface area contributed by atoms with E-state index in [9.17, 15) is 0 Å². The zero-order chi connectivity index (χ0) is 19.2. The Morgan fingerprint density at radius 1 is 1.04 bits per heavy atom. The Hall–Kier alpha value is -2.59. The number of aryl methyl sites for hydroxylation is 1. The normalized spacial score (nSPS) is 16.0. The third-order valence-corrected chi connectivity index (χ3v) is 5.62. The minimum Gasteiger partial charge on any atom is -0.381 e. The third kappa shape index (κ3) is 4.28. The lowest BCUT2D eigenvalue weighted by molar-refractivity contribution is 0.0825.